The molecule has 1 unspecified atom stereocenters. The highest BCUT2D eigenvalue weighted by Crippen LogP contribution is 2.30. The monoisotopic (exact) mass is 314 g/mol. The molecule has 0 aliphatic rings. The van der Waals surface area contributed by atoms with Crippen LogP contribution >= 0.6 is 11.6 Å². The number of hydrogen-bond acceptors (Lipinski definition) is 4. The first-order valence-corrected chi connectivity index (χ1v) is 7.23. The molecule has 2 aromatic carbocycles. The molecule has 0 aromatic heterocycles. The van der Waals surface area contributed by atoms with Crippen LogP contribution in [0.1, 0.15) is 24.9 Å². The summed E-state index contributed by atoms with van der Waals surface area (Å²) in [5, 5.41) is 13.0. The molecule has 0 saturated carbocycles. The number of nitriles is 1. The Morgan fingerprint density at radius 3 is 2.68 bits per heavy atom. The summed E-state index contributed by atoms with van der Waals surface area (Å²) >= 11 is 6.01. The van der Waals surface area contributed by atoms with Gasteiger partial charge in [-0.15, -0.1) is 0 Å². The topological polar surface area (TPSA) is 62.1 Å². The van der Waals surface area contributed by atoms with Crippen LogP contribution in [0.2, 0.25) is 5.02 Å². The van der Waals surface area contributed by atoms with Gasteiger partial charge in [-0.05, 0) is 30.3 Å². The molecule has 112 valence electrons. The van der Waals surface area contributed by atoms with Gasteiger partial charge in [-0.2, -0.15) is 5.26 Å². The number of rotatable bonds is 5. The lowest BCUT2D eigenvalue weighted by Crippen LogP contribution is -2.13. The molecule has 0 bridgehead atoms. The number of hydrogen-bond donors (Lipinski definition) is 1. The number of para-hydroxylation sites is 1. The van der Waals surface area contributed by atoms with Crippen LogP contribution in [-0.4, -0.2) is 5.97 Å². The second-order valence-corrected chi connectivity index (χ2v) is 5.02. The molecular weight excluding hydrogens is 300 g/mol. The lowest BCUT2D eigenvalue weighted by Gasteiger charge is -2.17. The van der Waals surface area contributed by atoms with Gasteiger partial charge in [0.15, 0.2) is 0 Å². The fourth-order valence-electron chi connectivity index (χ4n) is 1.91. The van der Waals surface area contributed by atoms with Crippen molar-refractivity contribution in [2.75, 3.05) is 5.32 Å². The molecular formula is C17H15ClN2O2. The summed E-state index contributed by atoms with van der Waals surface area (Å²) in [6.45, 7) is 1.71. The third kappa shape index (κ3) is 4.00. The van der Waals surface area contributed by atoms with Gasteiger partial charge in [0.25, 0.3) is 0 Å². The second kappa shape index (κ2) is 7.48. The van der Waals surface area contributed by atoms with Crippen molar-refractivity contribution in [3.05, 3.63) is 59.1 Å². The zero-order valence-corrected chi connectivity index (χ0v) is 12.8. The SMILES string of the molecule is CCC(=O)Oc1ccc(Cl)cc1C(C#N)Nc1ccccc1. The highest BCUT2D eigenvalue weighted by atomic mass is 35.5. The molecule has 0 aliphatic carbocycles. The molecule has 22 heavy (non-hydrogen) atoms. The Morgan fingerprint density at radius 2 is 2.05 bits per heavy atom. The maximum absolute atomic E-state index is 11.5. The molecule has 0 fully saturated rings. The highest BCUT2D eigenvalue weighted by Gasteiger charge is 2.18. The lowest BCUT2D eigenvalue weighted by molar-refractivity contribution is -0.134. The fraction of sp³-hybridized carbons (Fsp3) is 0.176. The number of esters is 1. The Kier molecular flexibility index (Phi) is 5.40. The number of nitrogens with zero attached hydrogens (tertiary/aromatic N) is 1. The van der Waals surface area contributed by atoms with Crippen LogP contribution in [0.3, 0.4) is 0 Å². The number of carbonyl (C=O) groups is 1. The van der Waals surface area contributed by atoms with E-state index in [4.69, 9.17) is 16.3 Å². The molecule has 2 rings (SSSR count). The average molecular weight is 315 g/mol. The van der Waals surface area contributed by atoms with Gasteiger partial charge >= 0.3 is 5.97 Å². The van der Waals surface area contributed by atoms with E-state index in [0.717, 1.165) is 5.69 Å². The summed E-state index contributed by atoms with van der Waals surface area (Å²) < 4.78 is 5.28. The van der Waals surface area contributed by atoms with Crippen LogP contribution in [0.4, 0.5) is 5.69 Å². The Bertz CT molecular complexity index is 696. The molecule has 1 atom stereocenters. The number of carbonyl (C=O) groups excluding carboxylic acids is 1. The number of ether oxygens (including phenoxy) is 1. The predicted octanol–water partition coefficient (Wildman–Crippen LogP) is 4.33. The van der Waals surface area contributed by atoms with E-state index < -0.39 is 6.04 Å². The van der Waals surface area contributed by atoms with Crippen molar-refractivity contribution in [1.29, 1.82) is 5.26 Å². The number of halogens is 1. The molecule has 0 saturated heterocycles. The minimum absolute atomic E-state index is 0.255. The smallest absolute Gasteiger partial charge is 0.310 e. The lowest BCUT2D eigenvalue weighted by atomic mass is 10.1. The van der Waals surface area contributed by atoms with Gasteiger partial charge in [-0.25, -0.2) is 0 Å². The van der Waals surface area contributed by atoms with Crippen molar-refractivity contribution in [1.82, 2.24) is 0 Å². The third-order valence-electron chi connectivity index (χ3n) is 3.01. The van der Waals surface area contributed by atoms with Gasteiger partial charge < -0.3 is 10.1 Å². The summed E-state index contributed by atoms with van der Waals surface area (Å²) in [6, 6.07) is 15.7. The van der Waals surface area contributed by atoms with Gasteiger partial charge in [0.2, 0.25) is 0 Å². The number of nitrogens with one attached hydrogen (secondary N) is 1. The van der Waals surface area contributed by atoms with E-state index in [1.807, 2.05) is 30.3 Å². The van der Waals surface area contributed by atoms with Crippen molar-refractivity contribution >= 4 is 23.3 Å². The summed E-state index contributed by atoms with van der Waals surface area (Å²) in [5.41, 5.74) is 1.32. The average Bonchev–Trinajstić information content (AvgIpc) is 2.55. The standard InChI is InChI=1S/C17H15ClN2O2/c1-2-17(21)22-16-9-8-12(18)10-14(16)15(11-19)20-13-6-4-3-5-7-13/h3-10,15,20H,2H2,1H3. The van der Waals surface area contributed by atoms with Crippen molar-refractivity contribution in [2.45, 2.75) is 19.4 Å². The maximum Gasteiger partial charge on any atom is 0.310 e. The van der Waals surface area contributed by atoms with Crippen LogP contribution in [0, 0.1) is 11.3 Å². The molecule has 5 heteroatoms. The Balaban J connectivity index is 2.33. The maximum atomic E-state index is 11.5. The van der Waals surface area contributed by atoms with Gasteiger partial charge in [-0.1, -0.05) is 36.7 Å². The largest absolute Gasteiger partial charge is 0.426 e. The van der Waals surface area contributed by atoms with E-state index in [1.54, 1.807) is 25.1 Å². The van der Waals surface area contributed by atoms with Crippen molar-refractivity contribution < 1.29 is 9.53 Å². The Labute approximate surface area is 134 Å². The first-order chi connectivity index (χ1) is 10.6. The zero-order valence-electron chi connectivity index (χ0n) is 12.0. The minimum atomic E-state index is -0.680. The Morgan fingerprint density at radius 1 is 1.32 bits per heavy atom. The summed E-state index contributed by atoms with van der Waals surface area (Å²) in [6.07, 6.45) is 0.255. The van der Waals surface area contributed by atoms with Gasteiger partial charge in [0, 0.05) is 22.7 Å². The molecule has 0 heterocycles. The van der Waals surface area contributed by atoms with Crippen LogP contribution in [0.25, 0.3) is 0 Å². The van der Waals surface area contributed by atoms with E-state index in [2.05, 4.69) is 11.4 Å². The molecule has 0 amide bonds. The number of anilines is 1. The zero-order chi connectivity index (χ0) is 15.9. The Hall–Kier alpha value is -2.51. The van der Waals surface area contributed by atoms with Crippen molar-refractivity contribution in [3.63, 3.8) is 0 Å². The van der Waals surface area contributed by atoms with Crippen molar-refractivity contribution in [3.8, 4) is 11.8 Å². The molecule has 4 nitrogen and oxygen atoms in total. The minimum Gasteiger partial charge on any atom is -0.426 e. The first-order valence-electron chi connectivity index (χ1n) is 6.85. The van der Waals surface area contributed by atoms with Crippen LogP contribution in [0.5, 0.6) is 5.75 Å². The first kappa shape index (κ1) is 15.9. The molecule has 2 aromatic rings. The van der Waals surface area contributed by atoms with E-state index in [-0.39, 0.29) is 12.4 Å². The van der Waals surface area contributed by atoms with E-state index in [1.165, 1.54) is 0 Å². The van der Waals surface area contributed by atoms with Crippen molar-refractivity contribution in [2.24, 2.45) is 0 Å². The normalized spacial score (nSPS) is 11.3. The van der Waals surface area contributed by atoms with Crippen LogP contribution in [0.15, 0.2) is 48.5 Å². The number of benzene rings is 2. The second-order valence-electron chi connectivity index (χ2n) is 4.58. The third-order valence-corrected chi connectivity index (χ3v) is 3.24. The van der Waals surface area contributed by atoms with Crippen LogP contribution < -0.4 is 10.1 Å². The summed E-state index contributed by atoms with van der Waals surface area (Å²) in [7, 11) is 0. The highest BCUT2D eigenvalue weighted by molar-refractivity contribution is 6.30. The van der Waals surface area contributed by atoms with Crippen LogP contribution in [-0.2, 0) is 4.79 Å². The quantitative estimate of drug-likeness (QED) is 0.659. The molecule has 0 aliphatic heterocycles. The van der Waals surface area contributed by atoms with E-state index in [9.17, 15) is 10.1 Å². The van der Waals surface area contributed by atoms with Gasteiger partial charge in [0.05, 0.1) is 6.07 Å². The van der Waals surface area contributed by atoms with Gasteiger partial charge in [0.1, 0.15) is 11.8 Å². The van der Waals surface area contributed by atoms with Gasteiger partial charge in [-0.3, -0.25) is 4.79 Å². The fourth-order valence-corrected chi connectivity index (χ4v) is 2.09. The molecule has 0 spiro atoms. The summed E-state index contributed by atoms with van der Waals surface area (Å²) in [4.78, 5) is 11.5. The van der Waals surface area contributed by atoms with E-state index >= 15 is 0 Å². The van der Waals surface area contributed by atoms with E-state index in [0.29, 0.717) is 16.3 Å². The summed E-state index contributed by atoms with van der Waals surface area (Å²) in [5.74, 6) is -0.0220. The molecule has 1 N–H and O–H groups in total. The molecule has 0 radical (unpaired) electrons. The predicted molar refractivity (Wildman–Crippen MR) is 85.8 cm³/mol.